The van der Waals surface area contributed by atoms with Crippen molar-refractivity contribution in [3.05, 3.63) is 54.4 Å². The SMILES string of the molecule is OC(Cc1cn(CCCOc2cccc3ccccc23)nn1)C1CC1. The molecule has 1 atom stereocenters. The minimum Gasteiger partial charge on any atom is -0.493 e. The zero-order valence-corrected chi connectivity index (χ0v) is 14.2. The molecule has 3 aromatic rings. The number of hydrogen-bond donors (Lipinski definition) is 1. The van der Waals surface area contributed by atoms with Gasteiger partial charge in [-0.3, -0.25) is 4.68 Å². The summed E-state index contributed by atoms with van der Waals surface area (Å²) in [7, 11) is 0. The molecule has 5 nitrogen and oxygen atoms in total. The molecule has 0 aliphatic heterocycles. The molecule has 4 rings (SSSR count). The van der Waals surface area contributed by atoms with Gasteiger partial charge in [0, 0.05) is 31.0 Å². The highest BCUT2D eigenvalue weighted by molar-refractivity contribution is 5.88. The Bertz CT molecular complexity index is 836. The molecular weight excluding hydrogens is 314 g/mol. The third-order valence-corrected chi connectivity index (χ3v) is 4.71. The number of rotatable bonds is 8. The second-order valence-corrected chi connectivity index (χ2v) is 6.76. The van der Waals surface area contributed by atoms with E-state index >= 15 is 0 Å². The van der Waals surface area contributed by atoms with Crippen LogP contribution in [0.5, 0.6) is 5.75 Å². The number of aliphatic hydroxyl groups is 1. The number of nitrogens with zero attached hydrogens (tertiary/aromatic N) is 3. The van der Waals surface area contributed by atoms with Crippen molar-refractivity contribution < 1.29 is 9.84 Å². The first kappa shape index (κ1) is 16.1. The summed E-state index contributed by atoms with van der Waals surface area (Å²) in [5.41, 5.74) is 0.870. The molecule has 0 amide bonds. The van der Waals surface area contributed by atoms with Gasteiger partial charge in [0.2, 0.25) is 0 Å². The van der Waals surface area contributed by atoms with Crippen LogP contribution in [-0.2, 0) is 13.0 Å². The molecule has 0 saturated heterocycles. The average molecular weight is 337 g/mol. The molecule has 1 aliphatic rings. The van der Waals surface area contributed by atoms with Gasteiger partial charge in [0.25, 0.3) is 0 Å². The second-order valence-electron chi connectivity index (χ2n) is 6.76. The standard InChI is InChI=1S/C20H23N3O2/c24-19(16-9-10-16)13-17-14-23(22-21-17)11-4-12-25-20-8-3-6-15-5-1-2-7-18(15)20/h1-3,5-8,14,16,19,24H,4,9-13H2. The van der Waals surface area contributed by atoms with Gasteiger partial charge in [0.15, 0.2) is 0 Å². The molecule has 5 heteroatoms. The van der Waals surface area contributed by atoms with E-state index < -0.39 is 0 Å². The Morgan fingerprint density at radius 1 is 1.16 bits per heavy atom. The minimum absolute atomic E-state index is 0.264. The quantitative estimate of drug-likeness (QED) is 0.641. The first-order valence-corrected chi connectivity index (χ1v) is 8.97. The first-order valence-electron chi connectivity index (χ1n) is 8.97. The van der Waals surface area contributed by atoms with Crippen LogP contribution in [0.2, 0.25) is 0 Å². The highest BCUT2D eigenvalue weighted by Crippen LogP contribution is 2.33. The van der Waals surface area contributed by atoms with Gasteiger partial charge in [0.1, 0.15) is 5.75 Å². The van der Waals surface area contributed by atoms with E-state index in [-0.39, 0.29) is 6.10 Å². The van der Waals surface area contributed by atoms with Crippen molar-refractivity contribution in [2.45, 2.75) is 38.3 Å². The van der Waals surface area contributed by atoms with Crippen LogP contribution in [0.25, 0.3) is 10.8 Å². The molecule has 130 valence electrons. The normalized spacial score (nSPS) is 15.4. The number of benzene rings is 2. The van der Waals surface area contributed by atoms with E-state index in [0.29, 0.717) is 18.9 Å². The van der Waals surface area contributed by atoms with Crippen molar-refractivity contribution in [3.8, 4) is 5.75 Å². The van der Waals surface area contributed by atoms with Crippen LogP contribution < -0.4 is 4.74 Å². The third kappa shape index (κ3) is 3.99. The molecule has 25 heavy (non-hydrogen) atoms. The Labute approximate surface area is 147 Å². The van der Waals surface area contributed by atoms with Gasteiger partial charge in [-0.15, -0.1) is 5.10 Å². The smallest absolute Gasteiger partial charge is 0.127 e. The Balaban J connectivity index is 1.27. The van der Waals surface area contributed by atoms with E-state index in [1.165, 1.54) is 5.39 Å². The highest BCUT2D eigenvalue weighted by atomic mass is 16.5. The third-order valence-electron chi connectivity index (χ3n) is 4.71. The van der Waals surface area contributed by atoms with Gasteiger partial charge in [-0.2, -0.15) is 0 Å². The summed E-state index contributed by atoms with van der Waals surface area (Å²) in [6.45, 7) is 1.39. The van der Waals surface area contributed by atoms with Gasteiger partial charge in [-0.1, -0.05) is 41.6 Å². The number of hydrogen-bond acceptors (Lipinski definition) is 4. The van der Waals surface area contributed by atoms with Crippen LogP contribution in [0.3, 0.4) is 0 Å². The van der Waals surface area contributed by atoms with Crippen molar-refractivity contribution in [1.82, 2.24) is 15.0 Å². The van der Waals surface area contributed by atoms with Gasteiger partial charge < -0.3 is 9.84 Å². The maximum atomic E-state index is 9.98. The van der Waals surface area contributed by atoms with E-state index in [1.807, 2.05) is 35.1 Å². The zero-order valence-electron chi connectivity index (χ0n) is 14.2. The van der Waals surface area contributed by atoms with E-state index in [1.54, 1.807) is 0 Å². The lowest BCUT2D eigenvalue weighted by Gasteiger charge is -2.09. The molecule has 1 saturated carbocycles. The van der Waals surface area contributed by atoms with Crippen LogP contribution in [0.4, 0.5) is 0 Å². The highest BCUT2D eigenvalue weighted by Gasteiger charge is 2.30. The molecule has 1 aromatic heterocycles. The van der Waals surface area contributed by atoms with Crippen molar-refractivity contribution in [1.29, 1.82) is 0 Å². The van der Waals surface area contributed by atoms with Crippen LogP contribution in [0.15, 0.2) is 48.7 Å². The van der Waals surface area contributed by atoms with Gasteiger partial charge in [-0.25, -0.2) is 0 Å². The summed E-state index contributed by atoms with van der Waals surface area (Å²) in [4.78, 5) is 0. The summed E-state index contributed by atoms with van der Waals surface area (Å²) >= 11 is 0. The van der Waals surface area contributed by atoms with Crippen LogP contribution in [-0.4, -0.2) is 32.8 Å². The number of aryl methyl sites for hydroxylation is 1. The molecule has 0 radical (unpaired) electrons. The molecule has 2 aromatic carbocycles. The summed E-state index contributed by atoms with van der Waals surface area (Å²) in [5.74, 6) is 1.39. The van der Waals surface area contributed by atoms with E-state index in [2.05, 4.69) is 28.5 Å². The Morgan fingerprint density at radius 3 is 2.88 bits per heavy atom. The fraction of sp³-hybridized carbons (Fsp3) is 0.400. The van der Waals surface area contributed by atoms with Crippen LogP contribution in [0, 0.1) is 5.92 Å². The number of aromatic nitrogens is 3. The fourth-order valence-electron chi connectivity index (χ4n) is 3.13. The minimum atomic E-state index is -0.264. The van der Waals surface area contributed by atoms with E-state index in [0.717, 1.165) is 42.6 Å². The Morgan fingerprint density at radius 2 is 2.00 bits per heavy atom. The van der Waals surface area contributed by atoms with E-state index in [9.17, 15) is 5.11 Å². The van der Waals surface area contributed by atoms with Crippen molar-refractivity contribution >= 4 is 10.8 Å². The number of ether oxygens (including phenoxy) is 1. The lowest BCUT2D eigenvalue weighted by molar-refractivity contribution is 0.150. The largest absolute Gasteiger partial charge is 0.493 e. The van der Waals surface area contributed by atoms with Crippen LogP contribution in [0.1, 0.15) is 25.0 Å². The lowest BCUT2D eigenvalue weighted by Crippen LogP contribution is -2.12. The van der Waals surface area contributed by atoms with E-state index in [4.69, 9.17) is 4.74 Å². The Kier molecular flexibility index (Phi) is 4.65. The number of aliphatic hydroxyl groups excluding tert-OH is 1. The predicted octanol–water partition coefficient (Wildman–Crippen LogP) is 3.21. The Hall–Kier alpha value is -2.40. The molecule has 0 bridgehead atoms. The zero-order chi connectivity index (χ0) is 17.1. The van der Waals surface area contributed by atoms with Crippen molar-refractivity contribution in [3.63, 3.8) is 0 Å². The molecule has 0 spiro atoms. The molecule has 1 N–H and O–H groups in total. The summed E-state index contributed by atoms with van der Waals surface area (Å²) in [5, 5.41) is 20.6. The summed E-state index contributed by atoms with van der Waals surface area (Å²) in [6, 6.07) is 14.4. The first-order chi connectivity index (χ1) is 12.3. The fourth-order valence-corrected chi connectivity index (χ4v) is 3.13. The molecule has 1 fully saturated rings. The van der Waals surface area contributed by atoms with Gasteiger partial charge >= 0.3 is 0 Å². The monoisotopic (exact) mass is 337 g/mol. The van der Waals surface area contributed by atoms with Crippen molar-refractivity contribution in [2.75, 3.05) is 6.61 Å². The molecule has 1 heterocycles. The predicted molar refractivity (Wildman–Crippen MR) is 96.5 cm³/mol. The molecule has 1 unspecified atom stereocenters. The average Bonchev–Trinajstić information content (AvgIpc) is 3.40. The number of fused-ring (bicyclic) bond motifs is 1. The maximum Gasteiger partial charge on any atom is 0.127 e. The summed E-state index contributed by atoms with van der Waals surface area (Å²) < 4.78 is 7.79. The van der Waals surface area contributed by atoms with Crippen LogP contribution >= 0.6 is 0 Å². The topological polar surface area (TPSA) is 60.2 Å². The van der Waals surface area contributed by atoms with Crippen molar-refractivity contribution in [2.24, 2.45) is 5.92 Å². The maximum absolute atomic E-state index is 9.98. The second kappa shape index (κ2) is 7.23. The summed E-state index contributed by atoms with van der Waals surface area (Å²) in [6.07, 6.45) is 5.42. The van der Waals surface area contributed by atoms with Gasteiger partial charge in [-0.05, 0) is 30.2 Å². The molecule has 1 aliphatic carbocycles. The molecular formula is C20H23N3O2. The van der Waals surface area contributed by atoms with Gasteiger partial charge in [0.05, 0.1) is 18.4 Å². The lowest BCUT2D eigenvalue weighted by atomic mass is 10.1.